The molecule has 1 heterocycles. The number of nitrogens with two attached hydrogens (primary N) is 1. The molecule has 0 aromatic heterocycles. The molecule has 0 aliphatic carbocycles. The van der Waals surface area contributed by atoms with Gasteiger partial charge >= 0.3 is 0 Å². The van der Waals surface area contributed by atoms with E-state index in [-0.39, 0.29) is 11.6 Å². The molecule has 2 N–H and O–H groups in total. The first-order valence-corrected chi connectivity index (χ1v) is 6.82. The van der Waals surface area contributed by atoms with E-state index in [1.54, 1.807) is 0 Å². The molecule has 2 rings (SSSR count). The van der Waals surface area contributed by atoms with Crippen LogP contribution in [-0.4, -0.2) is 31.4 Å². The van der Waals surface area contributed by atoms with Crippen molar-refractivity contribution in [1.29, 1.82) is 0 Å². The van der Waals surface area contributed by atoms with Gasteiger partial charge in [-0.25, -0.2) is 0 Å². The molecule has 106 valence electrons. The maximum absolute atomic E-state index is 6.28. The van der Waals surface area contributed by atoms with Crippen LogP contribution >= 0.6 is 0 Å². The third-order valence-electron chi connectivity index (χ3n) is 3.34. The minimum atomic E-state index is -0.0528. The Hall–Kier alpha value is -1.42. The molecule has 0 radical (unpaired) electrons. The summed E-state index contributed by atoms with van der Waals surface area (Å²) in [4.78, 5) is 2.30. The number of anilines is 2. The van der Waals surface area contributed by atoms with Gasteiger partial charge in [0.1, 0.15) is 5.75 Å². The van der Waals surface area contributed by atoms with Crippen molar-refractivity contribution >= 4 is 11.4 Å². The van der Waals surface area contributed by atoms with E-state index in [1.165, 1.54) is 0 Å². The number of hydrogen-bond acceptors (Lipinski definition) is 4. The van der Waals surface area contributed by atoms with Crippen molar-refractivity contribution in [2.24, 2.45) is 0 Å². The van der Waals surface area contributed by atoms with Gasteiger partial charge in [0.05, 0.1) is 36.2 Å². The highest BCUT2D eigenvalue weighted by atomic mass is 16.5. The third kappa shape index (κ3) is 2.95. The van der Waals surface area contributed by atoms with E-state index in [0.29, 0.717) is 12.3 Å². The summed E-state index contributed by atoms with van der Waals surface area (Å²) in [5.74, 6) is 0.759. The highest BCUT2D eigenvalue weighted by Gasteiger charge is 2.32. The Morgan fingerprint density at radius 2 is 2.11 bits per heavy atom. The van der Waals surface area contributed by atoms with Gasteiger partial charge in [-0.1, -0.05) is 6.07 Å². The number of morpholine rings is 1. The van der Waals surface area contributed by atoms with Crippen LogP contribution in [0.4, 0.5) is 11.4 Å². The summed E-state index contributed by atoms with van der Waals surface area (Å²) in [6, 6.07) is 5.97. The van der Waals surface area contributed by atoms with Gasteiger partial charge in [-0.2, -0.15) is 0 Å². The van der Waals surface area contributed by atoms with Crippen molar-refractivity contribution < 1.29 is 9.47 Å². The molecule has 0 amide bonds. The minimum Gasteiger partial charge on any atom is -0.489 e. The Bertz CT molecular complexity index is 444. The van der Waals surface area contributed by atoms with Gasteiger partial charge < -0.3 is 20.1 Å². The molecule has 1 aromatic carbocycles. The zero-order chi connectivity index (χ0) is 14.0. The largest absolute Gasteiger partial charge is 0.489 e. The molecule has 1 fully saturated rings. The summed E-state index contributed by atoms with van der Waals surface area (Å²) in [6.07, 6.45) is 0.121. The average Bonchev–Trinajstić information content (AvgIpc) is 2.31. The van der Waals surface area contributed by atoms with Crippen molar-refractivity contribution in [1.82, 2.24) is 0 Å². The normalized spacial score (nSPS) is 18.7. The van der Waals surface area contributed by atoms with Crippen LogP contribution in [0.3, 0.4) is 0 Å². The predicted octanol–water partition coefficient (Wildman–Crippen LogP) is 2.67. The quantitative estimate of drug-likeness (QED) is 0.853. The lowest BCUT2D eigenvalue weighted by Crippen LogP contribution is -2.53. The first-order chi connectivity index (χ1) is 8.92. The number of hydrogen-bond donors (Lipinski definition) is 1. The van der Waals surface area contributed by atoms with Gasteiger partial charge in [0, 0.05) is 6.54 Å². The highest BCUT2D eigenvalue weighted by molar-refractivity contribution is 5.75. The summed E-state index contributed by atoms with van der Waals surface area (Å²) >= 11 is 0. The van der Waals surface area contributed by atoms with Crippen molar-refractivity contribution in [3.05, 3.63) is 18.2 Å². The predicted molar refractivity (Wildman–Crippen MR) is 78.9 cm³/mol. The fraction of sp³-hybridized carbons (Fsp3) is 0.600. The fourth-order valence-electron chi connectivity index (χ4n) is 2.43. The maximum Gasteiger partial charge on any atom is 0.144 e. The molecule has 0 bridgehead atoms. The molecular weight excluding hydrogens is 240 g/mol. The van der Waals surface area contributed by atoms with Crippen LogP contribution in [0.5, 0.6) is 5.75 Å². The number of ether oxygens (including phenoxy) is 2. The number of rotatable bonds is 3. The lowest BCUT2D eigenvalue weighted by atomic mass is 10.0. The zero-order valence-electron chi connectivity index (χ0n) is 12.3. The van der Waals surface area contributed by atoms with Crippen LogP contribution in [0, 0.1) is 0 Å². The molecule has 1 aliphatic heterocycles. The molecule has 19 heavy (non-hydrogen) atoms. The Balaban J connectivity index is 2.34. The topological polar surface area (TPSA) is 47.7 Å². The van der Waals surface area contributed by atoms with Gasteiger partial charge in [0.25, 0.3) is 0 Å². The van der Waals surface area contributed by atoms with E-state index in [4.69, 9.17) is 15.2 Å². The van der Waals surface area contributed by atoms with E-state index >= 15 is 0 Å². The standard InChI is InChI=1S/C15H24N2O2/c1-11(2)19-13-7-5-6-12(14(13)16)17-8-9-18-10-15(17,3)4/h5-7,11H,8-10,16H2,1-4H3. The van der Waals surface area contributed by atoms with Gasteiger partial charge in [-0.3, -0.25) is 0 Å². The second kappa shape index (κ2) is 5.29. The molecule has 1 saturated heterocycles. The van der Waals surface area contributed by atoms with Gasteiger partial charge in [0.2, 0.25) is 0 Å². The van der Waals surface area contributed by atoms with Crippen molar-refractivity contribution in [3.8, 4) is 5.75 Å². The Morgan fingerprint density at radius 1 is 1.37 bits per heavy atom. The smallest absolute Gasteiger partial charge is 0.144 e. The molecule has 0 saturated carbocycles. The van der Waals surface area contributed by atoms with Crippen LogP contribution in [-0.2, 0) is 4.74 Å². The Labute approximate surface area is 115 Å². The van der Waals surface area contributed by atoms with Crippen molar-refractivity contribution in [2.45, 2.75) is 39.3 Å². The summed E-state index contributed by atoms with van der Waals surface area (Å²) < 4.78 is 11.3. The van der Waals surface area contributed by atoms with E-state index in [1.807, 2.05) is 26.0 Å². The number of benzene rings is 1. The van der Waals surface area contributed by atoms with E-state index < -0.39 is 0 Å². The average molecular weight is 264 g/mol. The fourth-order valence-corrected chi connectivity index (χ4v) is 2.43. The van der Waals surface area contributed by atoms with Crippen molar-refractivity contribution in [2.75, 3.05) is 30.4 Å². The second-order valence-corrected chi connectivity index (χ2v) is 5.87. The maximum atomic E-state index is 6.28. The SMILES string of the molecule is CC(C)Oc1cccc(N2CCOCC2(C)C)c1N. The molecule has 1 aliphatic rings. The monoisotopic (exact) mass is 264 g/mol. The molecule has 0 atom stereocenters. The van der Waals surface area contributed by atoms with Crippen LogP contribution in [0.2, 0.25) is 0 Å². The van der Waals surface area contributed by atoms with E-state index in [9.17, 15) is 0 Å². The zero-order valence-corrected chi connectivity index (χ0v) is 12.3. The summed E-state index contributed by atoms with van der Waals surface area (Å²) in [5.41, 5.74) is 7.97. The molecule has 4 heteroatoms. The number of nitrogens with zero attached hydrogens (tertiary/aromatic N) is 1. The molecule has 4 nitrogen and oxygen atoms in total. The number of nitrogen functional groups attached to an aromatic ring is 1. The summed E-state index contributed by atoms with van der Waals surface area (Å²) in [5, 5.41) is 0. The molecule has 1 aromatic rings. The van der Waals surface area contributed by atoms with Gasteiger partial charge in [-0.15, -0.1) is 0 Å². The number of para-hydroxylation sites is 1. The highest BCUT2D eigenvalue weighted by Crippen LogP contribution is 2.37. The van der Waals surface area contributed by atoms with Gasteiger partial charge in [-0.05, 0) is 39.8 Å². The van der Waals surface area contributed by atoms with E-state index in [2.05, 4.69) is 24.8 Å². The molecule has 0 unspecified atom stereocenters. The van der Waals surface area contributed by atoms with Crippen LogP contribution in [0.25, 0.3) is 0 Å². The van der Waals surface area contributed by atoms with E-state index in [0.717, 1.165) is 24.6 Å². The molecular formula is C15H24N2O2. The lowest BCUT2D eigenvalue weighted by Gasteiger charge is -2.44. The first kappa shape index (κ1) is 14.0. The second-order valence-electron chi connectivity index (χ2n) is 5.87. The van der Waals surface area contributed by atoms with Crippen LogP contribution in [0.1, 0.15) is 27.7 Å². The lowest BCUT2D eigenvalue weighted by molar-refractivity contribution is 0.0644. The van der Waals surface area contributed by atoms with Crippen LogP contribution < -0.4 is 15.4 Å². The molecule has 0 spiro atoms. The summed E-state index contributed by atoms with van der Waals surface area (Å²) in [7, 11) is 0. The summed E-state index contributed by atoms with van der Waals surface area (Å²) in [6.45, 7) is 10.6. The third-order valence-corrected chi connectivity index (χ3v) is 3.34. The minimum absolute atomic E-state index is 0.0528. The van der Waals surface area contributed by atoms with Crippen LogP contribution in [0.15, 0.2) is 18.2 Å². The first-order valence-electron chi connectivity index (χ1n) is 6.82. The van der Waals surface area contributed by atoms with Gasteiger partial charge in [0.15, 0.2) is 0 Å². The Morgan fingerprint density at radius 3 is 2.74 bits per heavy atom. The van der Waals surface area contributed by atoms with Crippen molar-refractivity contribution in [3.63, 3.8) is 0 Å². The Kier molecular flexibility index (Phi) is 3.90.